The fraction of sp³-hybridized carbons (Fsp3) is 0.364. The summed E-state index contributed by atoms with van der Waals surface area (Å²) >= 11 is 5.84. The maximum absolute atomic E-state index is 12.6. The molecular weight excluding hydrogens is 362 g/mol. The summed E-state index contributed by atoms with van der Waals surface area (Å²) < 4.78 is 0. The van der Waals surface area contributed by atoms with Crippen LogP contribution >= 0.6 is 11.6 Å². The third-order valence-electron chi connectivity index (χ3n) is 5.19. The van der Waals surface area contributed by atoms with Gasteiger partial charge in [0.1, 0.15) is 5.60 Å². The molecule has 1 heterocycles. The van der Waals surface area contributed by atoms with Crippen molar-refractivity contribution in [3.8, 4) is 0 Å². The molecule has 2 aromatic rings. The van der Waals surface area contributed by atoms with Crippen LogP contribution in [0.3, 0.4) is 0 Å². The van der Waals surface area contributed by atoms with Crippen LogP contribution in [0.4, 0.5) is 0 Å². The molecular formula is C22H24ClNO3. The van der Waals surface area contributed by atoms with Crippen LogP contribution in [0, 0.1) is 0 Å². The second-order valence-corrected chi connectivity index (χ2v) is 7.54. The zero-order chi connectivity index (χ0) is 19.3. The van der Waals surface area contributed by atoms with E-state index in [0.717, 1.165) is 13.0 Å². The third-order valence-corrected chi connectivity index (χ3v) is 5.44. The summed E-state index contributed by atoms with van der Waals surface area (Å²) in [6.07, 6.45) is 2.08. The van der Waals surface area contributed by atoms with Crippen molar-refractivity contribution in [2.45, 2.75) is 31.3 Å². The molecule has 4 nitrogen and oxygen atoms in total. The van der Waals surface area contributed by atoms with E-state index < -0.39 is 5.60 Å². The maximum atomic E-state index is 12.6. The molecule has 0 saturated carbocycles. The first-order chi connectivity index (χ1) is 13.0. The number of ketones is 2. The molecule has 2 aromatic carbocycles. The van der Waals surface area contributed by atoms with E-state index in [1.54, 1.807) is 36.4 Å². The van der Waals surface area contributed by atoms with Gasteiger partial charge in [-0.2, -0.15) is 0 Å². The van der Waals surface area contributed by atoms with Crippen molar-refractivity contribution in [1.82, 2.24) is 4.90 Å². The lowest BCUT2D eigenvalue weighted by Gasteiger charge is -2.37. The standard InChI is InChI=1S/C22H24ClNO3/c23-19-10-8-17(9-11-19)20(25)7-4-14-24-15-12-22(27,13-16-24)21(26)18-5-2-1-3-6-18/h1-3,5-6,8-11,27H,4,7,12-16H2. The van der Waals surface area contributed by atoms with Gasteiger partial charge in [-0.05, 0) is 50.1 Å². The van der Waals surface area contributed by atoms with Gasteiger partial charge in [0.15, 0.2) is 11.6 Å². The molecule has 1 fully saturated rings. The lowest BCUT2D eigenvalue weighted by atomic mass is 9.84. The second-order valence-electron chi connectivity index (χ2n) is 7.10. The summed E-state index contributed by atoms with van der Waals surface area (Å²) in [7, 11) is 0. The van der Waals surface area contributed by atoms with Crippen molar-refractivity contribution in [3.63, 3.8) is 0 Å². The topological polar surface area (TPSA) is 57.6 Å². The molecule has 0 radical (unpaired) electrons. The summed E-state index contributed by atoms with van der Waals surface area (Å²) in [6, 6.07) is 15.9. The normalized spacial score (nSPS) is 16.8. The fourth-order valence-corrected chi connectivity index (χ4v) is 3.60. The summed E-state index contributed by atoms with van der Waals surface area (Å²) in [5.74, 6) is -0.0832. The summed E-state index contributed by atoms with van der Waals surface area (Å²) in [6.45, 7) is 2.10. The molecule has 0 unspecified atom stereocenters. The van der Waals surface area contributed by atoms with Crippen molar-refractivity contribution in [3.05, 3.63) is 70.7 Å². The Bertz CT molecular complexity index is 781. The number of rotatable bonds is 7. The molecule has 0 amide bonds. The highest BCUT2D eigenvalue weighted by atomic mass is 35.5. The Morgan fingerprint density at radius 2 is 1.59 bits per heavy atom. The average Bonchev–Trinajstić information content (AvgIpc) is 2.70. The third kappa shape index (κ3) is 5.04. The number of piperidine rings is 1. The van der Waals surface area contributed by atoms with Gasteiger partial charge >= 0.3 is 0 Å². The maximum Gasteiger partial charge on any atom is 0.194 e. The van der Waals surface area contributed by atoms with E-state index >= 15 is 0 Å². The first-order valence-electron chi connectivity index (χ1n) is 9.31. The molecule has 0 bridgehead atoms. The Hall–Kier alpha value is -2.01. The number of nitrogens with zero attached hydrogens (tertiary/aromatic N) is 1. The number of likely N-dealkylation sites (tertiary alicyclic amines) is 1. The molecule has 5 heteroatoms. The molecule has 142 valence electrons. The lowest BCUT2D eigenvalue weighted by molar-refractivity contribution is -0.00648. The Kier molecular flexibility index (Phi) is 6.42. The van der Waals surface area contributed by atoms with E-state index in [1.165, 1.54) is 0 Å². The zero-order valence-corrected chi connectivity index (χ0v) is 16.0. The molecule has 1 aliphatic heterocycles. The highest BCUT2D eigenvalue weighted by molar-refractivity contribution is 6.30. The van der Waals surface area contributed by atoms with Gasteiger partial charge in [-0.3, -0.25) is 9.59 Å². The Morgan fingerprint density at radius 1 is 0.963 bits per heavy atom. The van der Waals surface area contributed by atoms with Gasteiger partial charge in [0.05, 0.1) is 0 Å². The van der Waals surface area contributed by atoms with Crippen LogP contribution in [0.2, 0.25) is 5.02 Å². The second kappa shape index (κ2) is 8.79. The number of hydrogen-bond acceptors (Lipinski definition) is 4. The Morgan fingerprint density at radius 3 is 2.22 bits per heavy atom. The molecule has 0 atom stereocenters. The fourth-order valence-electron chi connectivity index (χ4n) is 3.48. The van der Waals surface area contributed by atoms with E-state index in [2.05, 4.69) is 4.90 Å². The predicted octanol–water partition coefficient (Wildman–Crippen LogP) is 4.01. The molecule has 27 heavy (non-hydrogen) atoms. The Balaban J connectivity index is 1.45. The number of carbonyl (C=O) groups is 2. The van der Waals surface area contributed by atoms with Gasteiger partial charge in [-0.25, -0.2) is 0 Å². The van der Waals surface area contributed by atoms with Gasteiger partial charge < -0.3 is 10.0 Å². The molecule has 0 aliphatic carbocycles. The quantitative estimate of drug-likeness (QED) is 0.731. The van der Waals surface area contributed by atoms with E-state index in [-0.39, 0.29) is 11.6 Å². The molecule has 0 aromatic heterocycles. The monoisotopic (exact) mass is 385 g/mol. The summed E-state index contributed by atoms with van der Waals surface area (Å²) in [5.41, 5.74) is -0.0420. The van der Waals surface area contributed by atoms with E-state index in [1.807, 2.05) is 18.2 Å². The van der Waals surface area contributed by atoms with Crippen molar-refractivity contribution in [1.29, 1.82) is 0 Å². The van der Waals surface area contributed by atoms with Crippen LogP contribution in [0.5, 0.6) is 0 Å². The van der Waals surface area contributed by atoms with E-state index in [9.17, 15) is 14.7 Å². The van der Waals surface area contributed by atoms with Gasteiger partial charge in [0, 0.05) is 35.7 Å². The minimum atomic E-state index is -1.28. The van der Waals surface area contributed by atoms with E-state index in [4.69, 9.17) is 11.6 Å². The van der Waals surface area contributed by atoms with Gasteiger partial charge in [0.2, 0.25) is 0 Å². The van der Waals surface area contributed by atoms with Crippen LogP contribution < -0.4 is 0 Å². The van der Waals surface area contributed by atoms with Gasteiger partial charge in [-0.15, -0.1) is 0 Å². The molecule has 0 spiro atoms. The number of carbonyl (C=O) groups excluding carboxylic acids is 2. The molecule has 1 N–H and O–H groups in total. The highest BCUT2D eigenvalue weighted by Crippen LogP contribution is 2.26. The SMILES string of the molecule is O=C(CCCN1CCC(O)(C(=O)c2ccccc2)CC1)c1ccc(Cl)cc1. The summed E-state index contributed by atoms with van der Waals surface area (Å²) in [5, 5.41) is 11.4. The van der Waals surface area contributed by atoms with Crippen molar-refractivity contribution in [2.75, 3.05) is 19.6 Å². The Labute approximate surface area is 164 Å². The van der Waals surface area contributed by atoms with Crippen LogP contribution in [0.25, 0.3) is 0 Å². The largest absolute Gasteiger partial charge is 0.382 e. The smallest absolute Gasteiger partial charge is 0.194 e. The number of halogens is 1. The molecule has 1 saturated heterocycles. The number of benzene rings is 2. The highest BCUT2D eigenvalue weighted by Gasteiger charge is 2.39. The minimum absolute atomic E-state index is 0.111. The van der Waals surface area contributed by atoms with E-state index in [0.29, 0.717) is 48.5 Å². The molecule has 1 aliphatic rings. The average molecular weight is 386 g/mol. The van der Waals surface area contributed by atoms with Gasteiger partial charge in [0.25, 0.3) is 0 Å². The first-order valence-corrected chi connectivity index (χ1v) is 9.69. The summed E-state index contributed by atoms with van der Waals surface area (Å²) in [4.78, 5) is 27.0. The van der Waals surface area contributed by atoms with Crippen molar-refractivity contribution < 1.29 is 14.7 Å². The number of aliphatic hydroxyl groups is 1. The van der Waals surface area contributed by atoms with Crippen molar-refractivity contribution in [2.24, 2.45) is 0 Å². The van der Waals surface area contributed by atoms with Crippen LogP contribution in [0.1, 0.15) is 46.4 Å². The predicted molar refractivity (Wildman–Crippen MR) is 106 cm³/mol. The number of hydrogen-bond donors (Lipinski definition) is 1. The molecule has 3 rings (SSSR count). The first kappa shape index (κ1) is 19.7. The zero-order valence-electron chi connectivity index (χ0n) is 15.2. The van der Waals surface area contributed by atoms with Crippen LogP contribution in [-0.4, -0.2) is 46.8 Å². The number of Topliss-reactive ketones (excluding diaryl/α,β-unsaturated/α-hetero) is 2. The van der Waals surface area contributed by atoms with Crippen LogP contribution in [-0.2, 0) is 0 Å². The van der Waals surface area contributed by atoms with Gasteiger partial charge in [-0.1, -0.05) is 41.9 Å². The van der Waals surface area contributed by atoms with Crippen LogP contribution in [0.15, 0.2) is 54.6 Å². The lowest BCUT2D eigenvalue weighted by Crippen LogP contribution is -2.49. The minimum Gasteiger partial charge on any atom is -0.382 e. The van der Waals surface area contributed by atoms with Crippen molar-refractivity contribution >= 4 is 23.2 Å².